The van der Waals surface area contributed by atoms with E-state index in [2.05, 4.69) is 15.5 Å². The quantitative estimate of drug-likeness (QED) is 0.938. The maximum absolute atomic E-state index is 12.7. The predicted molar refractivity (Wildman–Crippen MR) is 88.2 cm³/mol. The largest absolute Gasteiger partial charge is 0.345 e. The molecule has 2 aromatic heterocycles. The van der Waals surface area contributed by atoms with Gasteiger partial charge in [-0.2, -0.15) is 10.2 Å². The first-order valence-corrected chi connectivity index (χ1v) is 9.01. The van der Waals surface area contributed by atoms with Crippen LogP contribution in [0.4, 0.5) is 0 Å². The van der Waals surface area contributed by atoms with E-state index in [1.54, 1.807) is 21.6 Å². The fourth-order valence-corrected chi connectivity index (χ4v) is 5.66. The molecule has 0 aromatic carbocycles. The van der Waals surface area contributed by atoms with Gasteiger partial charge in [0.15, 0.2) is 0 Å². The monoisotopic (exact) mass is 325 g/mol. The molecule has 0 aliphatic heterocycles. The average molecular weight is 325 g/mol. The molecule has 2 heterocycles. The minimum absolute atomic E-state index is 0.0174. The summed E-state index contributed by atoms with van der Waals surface area (Å²) in [6, 6.07) is 3.68. The summed E-state index contributed by atoms with van der Waals surface area (Å²) in [6.45, 7) is 0.525. The molecule has 4 aliphatic rings. The number of hydrogen-bond acceptors (Lipinski definition) is 3. The standard InChI is InChI=1S/C18H23N5O/c24-17(16-2-5-23(21-16)12-22-4-1-3-19-22)20-18-9-13-6-14(10-18)8-15(7-13)11-18/h1-5,13-15H,6-12H2,(H,20,24). The van der Waals surface area contributed by atoms with Crippen LogP contribution in [0.15, 0.2) is 30.7 Å². The van der Waals surface area contributed by atoms with E-state index in [4.69, 9.17) is 0 Å². The van der Waals surface area contributed by atoms with Crippen LogP contribution in [0.5, 0.6) is 0 Å². The van der Waals surface area contributed by atoms with Crippen LogP contribution in [0, 0.1) is 17.8 Å². The fraction of sp³-hybridized carbons (Fsp3) is 0.611. The van der Waals surface area contributed by atoms with E-state index in [0.717, 1.165) is 17.8 Å². The maximum Gasteiger partial charge on any atom is 0.272 e. The van der Waals surface area contributed by atoms with Crippen LogP contribution in [0.1, 0.15) is 49.0 Å². The van der Waals surface area contributed by atoms with Gasteiger partial charge >= 0.3 is 0 Å². The smallest absolute Gasteiger partial charge is 0.272 e. The van der Waals surface area contributed by atoms with Gasteiger partial charge in [0.1, 0.15) is 12.4 Å². The SMILES string of the molecule is O=C(NC12CC3CC(CC(C3)C1)C2)c1ccn(Cn2cccn2)n1. The highest BCUT2D eigenvalue weighted by molar-refractivity contribution is 5.92. The first kappa shape index (κ1) is 14.3. The van der Waals surface area contributed by atoms with E-state index in [1.807, 2.05) is 18.5 Å². The Balaban J connectivity index is 1.30. The molecule has 0 atom stereocenters. The van der Waals surface area contributed by atoms with Crippen molar-refractivity contribution in [1.82, 2.24) is 24.9 Å². The lowest BCUT2D eigenvalue weighted by Gasteiger charge is -2.56. The van der Waals surface area contributed by atoms with Crippen LogP contribution >= 0.6 is 0 Å². The summed E-state index contributed by atoms with van der Waals surface area (Å²) in [6.07, 6.45) is 13.1. The van der Waals surface area contributed by atoms with Gasteiger partial charge in [0.05, 0.1) is 0 Å². The molecule has 6 nitrogen and oxygen atoms in total. The summed E-state index contributed by atoms with van der Waals surface area (Å²) in [5, 5.41) is 12.0. The Labute approximate surface area is 141 Å². The third kappa shape index (κ3) is 2.44. The first-order chi connectivity index (χ1) is 11.7. The Morgan fingerprint density at radius 3 is 2.46 bits per heavy atom. The number of carbonyl (C=O) groups excluding carboxylic acids is 1. The van der Waals surface area contributed by atoms with Crippen molar-refractivity contribution < 1.29 is 4.79 Å². The van der Waals surface area contributed by atoms with Crippen LogP contribution in [0.2, 0.25) is 0 Å². The van der Waals surface area contributed by atoms with Crippen LogP contribution in [0.3, 0.4) is 0 Å². The highest BCUT2D eigenvalue weighted by Crippen LogP contribution is 2.55. The molecular weight excluding hydrogens is 302 g/mol. The van der Waals surface area contributed by atoms with Gasteiger partial charge in [-0.15, -0.1) is 0 Å². The number of amides is 1. The summed E-state index contributed by atoms with van der Waals surface area (Å²) in [5.41, 5.74) is 0.551. The molecule has 4 fully saturated rings. The van der Waals surface area contributed by atoms with E-state index >= 15 is 0 Å². The third-order valence-electron chi connectivity index (χ3n) is 6.14. The van der Waals surface area contributed by atoms with E-state index in [9.17, 15) is 4.79 Å². The van der Waals surface area contributed by atoms with E-state index in [0.29, 0.717) is 12.4 Å². The van der Waals surface area contributed by atoms with Gasteiger partial charge in [-0.25, -0.2) is 0 Å². The summed E-state index contributed by atoms with van der Waals surface area (Å²) in [7, 11) is 0. The van der Waals surface area contributed by atoms with Crippen molar-refractivity contribution in [3.8, 4) is 0 Å². The molecular formula is C18H23N5O. The molecule has 1 N–H and O–H groups in total. The topological polar surface area (TPSA) is 64.7 Å². The van der Waals surface area contributed by atoms with Crippen molar-refractivity contribution >= 4 is 5.91 Å². The van der Waals surface area contributed by atoms with Crippen molar-refractivity contribution in [2.45, 2.75) is 50.7 Å². The Morgan fingerprint density at radius 1 is 1.12 bits per heavy atom. The van der Waals surface area contributed by atoms with Gasteiger partial charge in [0.25, 0.3) is 5.91 Å². The number of nitrogens with zero attached hydrogens (tertiary/aromatic N) is 4. The number of rotatable bonds is 4. The molecule has 4 bridgehead atoms. The van der Waals surface area contributed by atoms with Crippen molar-refractivity contribution in [3.63, 3.8) is 0 Å². The molecule has 6 rings (SSSR count). The molecule has 0 unspecified atom stereocenters. The minimum Gasteiger partial charge on any atom is -0.345 e. The van der Waals surface area contributed by atoms with Gasteiger partial charge in [-0.1, -0.05) is 0 Å². The van der Waals surface area contributed by atoms with E-state index in [-0.39, 0.29) is 11.4 Å². The van der Waals surface area contributed by atoms with Crippen molar-refractivity contribution in [1.29, 1.82) is 0 Å². The molecule has 2 aromatic rings. The Hall–Kier alpha value is -2.11. The number of nitrogens with one attached hydrogen (secondary N) is 1. The van der Waals surface area contributed by atoms with Crippen LogP contribution in [0.25, 0.3) is 0 Å². The molecule has 1 amide bonds. The second-order valence-corrected chi connectivity index (χ2v) is 8.08. The lowest BCUT2D eigenvalue weighted by atomic mass is 9.53. The van der Waals surface area contributed by atoms with Gasteiger partial charge < -0.3 is 5.32 Å². The lowest BCUT2D eigenvalue weighted by Crippen LogP contribution is -2.59. The highest BCUT2D eigenvalue weighted by atomic mass is 16.2. The minimum atomic E-state index is -0.0174. The van der Waals surface area contributed by atoms with Crippen molar-refractivity contribution in [2.75, 3.05) is 0 Å². The Bertz CT molecular complexity index is 712. The zero-order valence-electron chi connectivity index (χ0n) is 13.8. The maximum atomic E-state index is 12.7. The summed E-state index contributed by atoms with van der Waals surface area (Å²) in [5.74, 6) is 2.47. The highest BCUT2D eigenvalue weighted by Gasteiger charge is 2.51. The van der Waals surface area contributed by atoms with Gasteiger partial charge in [-0.3, -0.25) is 14.2 Å². The van der Waals surface area contributed by atoms with E-state index in [1.165, 1.54) is 38.5 Å². The summed E-state index contributed by atoms with van der Waals surface area (Å²) in [4.78, 5) is 12.7. The zero-order chi connectivity index (χ0) is 16.1. The molecule has 0 radical (unpaired) electrons. The lowest BCUT2D eigenvalue weighted by molar-refractivity contribution is -0.0168. The molecule has 24 heavy (non-hydrogen) atoms. The fourth-order valence-electron chi connectivity index (χ4n) is 5.66. The second kappa shape index (κ2) is 5.19. The van der Waals surface area contributed by atoms with Crippen LogP contribution in [-0.2, 0) is 6.67 Å². The molecule has 126 valence electrons. The van der Waals surface area contributed by atoms with Crippen LogP contribution < -0.4 is 5.32 Å². The molecule has 6 heteroatoms. The van der Waals surface area contributed by atoms with Crippen molar-refractivity contribution in [3.05, 3.63) is 36.4 Å². The second-order valence-electron chi connectivity index (χ2n) is 8.08. The number of carbonyl (C=O) groups is 1. The Kier molecular flexibility index (Phi) is 3.08. The number of hydrogen-bond donors (Lipinski definition) is 1. The summed E-state index contributed by atoms with van der Waals surface area (Å²) >= 11 is 0. The van der Waals surface area contributed by atoms with E-state index < -0.39 is 0 Å². The van der Waals surface area contributed by atoms with Gasteiger partial charge in [0, 0.05) is 24.1 Å². The molecule has 0 spiro atoms. The zero-order valence-corrected chi connectivity index (χ0v) is 13.8. The molecule has 4 saturated carbocycles. The Morgan fingerprint density at radius 2 is 1.83 bits per heavy atom. The molecule has 4 aliphatic carbocycles. The van der Waals surface area contributed by atoms with Gasteiger partial charge in [-0.05, 0) is 68.4 Å². The van der Waals surface area contributed by atoms with Gasteiger partial charge in [0.2, 0.25) is 0 Å². The molecule has 0 saturated heterocycles. The third-order valence-corrected chi connectivity index (χ3v) is 6.14. The van der Waals surface area contributed by atoms with Crippen molar-refractivity contribution in [2.24, 2.45) is 17.8 Å². The number of aromatic nitrogens is 4. The first-order valence-electron chi connectivity index (χ1n) is 9.01. The normalized spacial score (nSPS) is 33.8. The van der Waals surface area contributed by atoms with Crippen LogP contribution in [-0.4, -0.2) is 31.0 Å². The average Bonchev–Trinajstić information content (AvgIpc) is 3.17. The summed E-state index contributed by atoms with van der Waals surface area (Å²) < 4.78 is 3.54. The predicted octanol–water partition coefficient (Wildman–Crippen LogP) is 2.28.